The fraction of sp³-hybridized carbons (Fsp3) is 0.500. The van der Waals surface area contributed by atoms with Gasteiger partial charge < -0.3 is 15.0 Å². The molecule has 0 saturated carbocycles. The van der Waals surface area contributed by atoms with Crippen LogP contribution in [0.4, 0.5) is 4.79 Å². The molecule has 0 radical (unpaired) electrons. The molecule has 2 atom stereocenters. The van der Waals surface area contributed by atoms with E-state index in [9.17, 15) is 13.8 Å². The third-order valence-electron chi connectivity index (χ3n) is 4.55. The summed E-state index contributed by atoms with van der Waals surface area (Å²) in [6.45, 7) is 7.88. The van der Waals surface area contributed by atoms with Gasteiger partial charge >= 0.3 is 6.09 Å². The van der Waals surface area contributed by atoms with Gasteiger partial charge in [-0.15, -0.1) is 0 Å². The lowest BCUT2D eigenvalue weighted by Gasteiger charge is -2.32. The average Bonchev–Trinajstić information content (AvgIpc) is 3.06. The van der Waals surface area contributed by atoms with Gasteiger partial charge in [0.1, 0.15) is 11.6 Å². The minimum atomic E-state index is -1.36. The zero-order chi connectivity index (χ0) is 19.8. The molecule has 2 aliphatic rings. The Balaban J connectivity index is 1.85. The molecule has 2 heterocycles. The molecule has 0 aliphatic carbocycles. The van der Waals surface area contributed by atoms with Gasteiger partial charge in [-0.3, -0.25) is 4.79 Å². The third-order valence-corrected chi connectivity index (χ3v) is 6.10. The highest BCUT2D eigenvalue weighted by Crippen LogP contribution is 2.35. The number of carbonyl (C=O) groups is 2. The molecule has 1 aromatic rings. The molecule has 0 spiro atoms. The smallest absolute Gasteiger partial charge is 0.408 e. The number of fused-ring (bicyclic) bond motifs is 1. The first kappa shape index (κ1) is 19.6. The number of benzene rings is 1. The van der Waals surface area contributed by atoms with E-state index in [-0.39, 0.29) is 12.3 Å². The molecule has 2 aliphatic heterocycles. The SMILES string of the molecule is Cc1ccc(S(=O)C2=C3CCCN3C(=O)[C@H](NC(=O)OC(C)(C)C)C2)cc1. The monoisotopic (exact) mass is 390 g/mol. The number of ether oxygens (including phenoxy) is 1. The Kier molecular flexibility index (Phi) is 5.42. The minimum absolute atomic E-state index is 0.155. The van der Waals surface area contributed by atoms with E-state index in [1.54, 1.807) is 25.7 Å². The van der Waals surface area contributed by atoms with E-state index in [1.165, 1.54) is 0 Å². The highest BCUT2D eigenvalue weighted by Gasteiger charge is 2.40. The number of rotatable bonds is 3. The number of nitrogens with zero attached hydrogens (tertiary/aromatic N) is 1. The van der Waals surface area contributed by atoms with E-state index in [2.05, 4.69) is 5.32 Å². The Morgan fingerprint density at radius 1 is 1.26 bits per heavy atom. The number of hydrogen-bond acceptors (Lipinski definition) is 4. The molecule has 1 fully saturated rings. The van der Waals surface area contributed by atoms with Crippen LogP contribution in [0.25, 0.3) is 0 Å². The van der Waals surface area contributed by atoms with Crippen molar-refractivity contribution in [1.82, 2.24) is 10.2 Å². The Morgan fingerprint density at radius 2 is 1.93 bits per heavy atom. The van der Waals surface area contributed by atoms with Crippen LogP contribution in [0.5, 0.6) is 0 Å². The molecular weight excluding hydrogens is 364 g/mol. The van der Waals surface area contributed by atoms with Crippen LogP contribution in [0.1, 0.15) is 45.6 Å². The van der Waals surface area contributed by atoms with Crippen LogP contribution in [0.15, 0.2) is 39.8 Å². The second-order valence-electron chi connectivity index (χ2n) is 7.95. The van der Waals surface area contributed by atoms with Gasteiger partial charge in [0, 0.05) is 28.5 Å². The molecule has 146 valence electrons. The van der Waals surface area contributed by atoms with Crippen molar-refractivity contribution in [2.24, 2.45) is 0 Å². The van der Waals surface area contributed by atoms with E-state index in [1.807, 2.05) is 31.2 Å². The maximum absolute atomic E-state index is 13.2. The van der Waals surface area contributed by atoms with Crippen LogP contribution in [-0.2, 0) is 20.3 Å². The lowest BCUT2D eigenvalue weighted by atomic mass is 10.1. The van der Waals surface area contributed by atoms with Crippen LogP contribution in [0, 0.1) is 6.92 Å². The highest BCUT2D eigenvalue weighted by molar-refractivity contribution is 7.89. The van der Waals surface area contributed by atoms with Crippen molar-refractivity contribution < 1.29 is 18.5 Å². The maximum atomic E-state index is 13.2. The first-order valence-electron chi connectivity index (χ1n) is 9.17. The summed E-state index contributed by atoms with van der Waals surface area (Å²) in [5.74, 6) is -0.155. The van der Waals surface area contributed by atoms with Crippen LogP contribution >= 0.6 is 0 Å². The predicted molar refractivity (Wildman–Crippen MR) is 103 cm³/mol. The standard InChI is InChI=1S/C20H26N2O4S/c1-13-7-9-14(10-8-13)27(25)17-12-15(21-19(24)26-20(2,3)4)18(23)22-11-5-6-16(17)22/h7-10,15H,5-6,11-12H2,1-4H3,(H,21,24)/t15-,27?/m1/s1. The molecule has 2 amide bonds. The van der Waals surface area contributed by atoms with E-state index in [0.29, 0.717) is 11.4 Å². The largest absolute Gasteiger partial charge is 0.444 e. The van der Waals surface area contributed by atoms with Gasteiger partial charge in [0.25, 0.3) is 0 Å². The van der Waals surface area contributed by atoms with E-state index in [4.69, 9.17) is 4.74 Å². The maximum Gasteiger partial charge on any atom is 0.408 e. The second-order valence-corrected chi connectivity index (χ2v) is 9.45. The number of hydrogen-bond donors (Lipinski definition) is 1. The van der Waals surface area contributed by atoms with Gasteiger partial charge in [-0.1, -0.05) is 17.7 Å². The third kappa shape index (κ3) is 4.40. The molecule has 1 unspecified atom stereocenters. The molecule has 3 rings (SSSR count). The van der Waals surface area contributed by atoms with Gasteiger partial charge in [-0.05, 0) is 52.7 Å². The summed E-state index contributed by atoms with van der Waals surface area (Å²) in [5.41, 5.74) is 1.30. The Labute approximate surface area is 162 Å². The number of nitrogens with one attached hydrogen (secondary N) is 1. The topological polar surface area (TPSA) is 75.7 Å². The molecule has 1 saturated heterocycles. The van der Waals surface area contributed by atoms with Crippen LogP contribution in [0.3, 0.4) is 0 Å². The summed E-state index contributed by atoms with van der Waals surface area (Å²) in [5, 5.41) is 2.66. The summed E-state index contributed by atoms with van der Waals surface area (Å²) >= 11 is 0. The fourth-order valence-corrected chi connectivity index (χ4v) is 4.75. The number of aryl methyl sites for hydroxylation is 1. The normalized spacial score (nSPS) is 21.1. The number of amides is 2. The van der Waals surface area contributed by atoms with Crippen molar-refractivity contribution in [3.05, 3.63) is 40.4 Å². The molecule has 1 N–H and O–H groups in total. The summed E-state index contributed by atoms with van der Waals surface area (Å²) in [6.07, 6.45) is 1.18. The Morgan fingerprint density at radius 3 is 2.56 bits per heavy atom. The molecule has 1 aromatic carbocycles. The lowest BCUT2D eigenvalue weighted by molar-refractivity contribution is -0.131. The second kappa shape index (κ2) is 7.46. The first-order chi connectivity index (χ1) is 12.7. The summed E-state index contributed by atoms with van der Waals surface area (Å²) < 4.78 is 18.5. The van der Waals surface area contributed by atoms with Crippen molar-refractivity contribution in [3.8, 4) is 0 Å². The molecule has 0 aromatic heterocycles. The minimum Gasteiger partial charge on any atom is -0.444 e. The zero-order valence-corrected chi connectivity index (χ0v) is 17.0. The molecule has 6 nitrogen and oxygen atoms in total. The van der Waals surface area contributed by atoms with Crippen molar-refractivity contribution in [2.75, 3.05) is 6.54 Å². The highest BCUT2D eigenvalue weighted by atomic mass is 32.2. The van der Waals surface area contributed by atoms with Crippen molar-refractivity contribution in [3.63, 3.8) is 0 Å². The Hall–Kier alpha value is -2.15. The summed E-state index contributed by atoms with van der Waals surface area (Å²) in [6, 6.07) is 6.80. The fourth-order valence-electron chi connectivity index (χ4n) is 3.34. The van der Waals surface area contributed by atoms with Crippen LogP contribution < -0.4 is 5.32 Å². The Bertz CT molecular complexity index is 808. The van der Waals surface area contributed by atoms with Gasteiger partial charge in [-0.25, -0.2) is 9.00 Å². The lowest BCUT2D eigenvalue weighted by Crippen LogP contribution is -2.51. The number of carbonyl (C=O) groups excluding carboxylic acids is 2. The summed E-state index contributed by atoms with van der Waals surface area (Å²) in [7, 11) is -1.36. The first-order valence-corrected chi connectivity index (χ1v) is 10.3. The van der Waals surface area contributed by atoms with Crippen LogP contribution in [-0.4, -0.2) is 39.3 Å². The van der Waals surface area contributed by atoms with Gasteiger partial charge in [0.2, 0.25) is 5.91 Å². The van der Waals surface area contributed by atoms with Crippen molar-refractivity contribution in [1.29, 1.82) is 0 Å². The quantitative estimate of drug-likeness (QED) is 0.860. The van der Waals surface area contributed by atoms with E-state index in [0.717, 1.165) is 29.0 Å². The van der Waals surface area contributed by atoms with Crippen molar-refractivity contribution >= 4 is 22.8 Å². The van der Waals surface area contributed by atoms with Gasteiger partial charge in [0.15, 0.2) is 0 Å². The van der Waals surface area contributed by atoms with E-state index >= 15 is 0 Å². The van der Waals surface area contributed by atoms with Gasteiger partial charge in [0.05, 0.1) is 10.8 Å². The average molecular weight is 391 g/mol. The molecule has 7 heteroatoms. The van der Waals surface area contributed by atoms with Crippen molar-refractivity contribution in [2.45, 2.75) is 63.5 Å². The summed E-state index contributed by atoms with van der Waals surface area (Å²) in [4.78, 5) is 28.0. The zero-order valence-electron chi connectivity index (χ0n) is 16.2. The van der Waals surface area contributed by atoms with E-state index < -0.39 is 28.5 Å². The number of allylic oxidation sites excluding steroid dienone is 1. The van der Waals surface area contributed by atoms with Gasteiger partial charge in [-0.2, -0.15) is 0 Å². The molecule has 27 heavy (non-hydrogen) atoms. The van der Waals surface area contributed by atoms with Crippen LogP contribution in [0.2, 0.25) is 0 Å². The molecular formula is C20H26N2O4S. The number of alkyl carbamates (subject to hydrolysis) is 1. The predicted octanol–water partition coefficient (Wildman–Crippen LogP) is 3.23. The molecule has 0 bridgehead atoms.